The highest BCUT2D eigenvalue weighted by Crippen LogP contribution is 2.23. The second-order valence-electron chi connectivity index (χ2n) is 6.81. The van der Waals surface area contributed by atoms with Crippen LogP contribution in [0, 0.1) is 0 Å². The van der Waals surface area contributed by atoms with E-state index in [4.69, 9.17) is 0 Å². The molecule has 0 aliphatic carbocycles. The van der Waals surface area contributed by atoms with Crippen LogP contribution in [0.3, 0.4) is 0 Å². The summed E-state index contributed by atoms with van der Waals surface area (Å²) in [7, 11) is 4.24. The van der Waals surface area contributed by atoms with Crippen molar-refractivity contribution >= 4 is 0 Å². The van der Waals surface area contributed by atoms with Crippen molar-refractivity contribution in [2.75, 3.05) is 20.6 Å². The fraction of sp³-hybridized carbons (Fsp3) is 0.647. The van der Waals surface area contributed by atoms with Gasteiger partial charge in [-0.2, -0.15) is 0 Å². The van der Waals surface area contributed by atoms with Gasteiger partial charge in [0.25, 0.3) is 0 Å². The predicted molar refractivity (Wildman–Crippen MR) is 84.7 cm³/mol. The molecule has 2 nitrogen and oxygen atoms in total. The Labute approximate surface area is 119 Å². The molecule has 0 aliphatic rings. The monoisotopic (exact) mass is 262 g/mol. The third kappa shape index (κ3) is 4.96. The van der Waals surface area contributed by atoms with Gasteiger partial charge in [-0.15, -0.1) is 0 Å². The summed E-state index contributed by atoms with van der Waals surface area (Å²) in [6.45, 7) is 12.2. The van der Waals surface area contributed by atoms with Gasteiger partial charge < -0.3 is 10.2 Å². The van der Waals surface area contributed by atoms with Crippen LogP contribution in [0.4, 0.5) is 0 Å². The van der Waals surface area contributed by atoms with E-state index < -0.39 is 0 Å². The van der Waals surface area contributed by atoms with Crippen molar-refractivity contribution in [3.05, 3.63) is 35.4 Å². The minimum absolute atomic E-state index is 0.231. The number of nitrogens with one attached hydrogen (secondary N) is 1. The molecule has 0 saturated heterocycles. The first-order chi connectivity index (χ1) is 8.71. The number of benzene rings is 1. The molecule has 0 saturated carbocycles. The van der Waals surface area contributed by atoms with Gasteiger partial charge in [0.1, 0.15) is 0 Å². The Morgan fingerprint density at radius 3 is 2.00 bits per heavy atom. The van der Waals surface area contributed by atoms with Gasteiger partial charge in [0.05, 0.1) is 0 Å². The van der Waals surface area contributed by atoms with E-state index in [2.05, 4.69) is 83.2 Å². The van der Waals surface area contributed by atoms with E-state index >= 15 is 0 Å². The fourth-order valence-electron chi connectivity index (χ4n) is 1.92. The second kappa shape index (κ2) is 6.53. The van der Waals surface area contributed by atoms with Gasteiger partial charge >= 0.3 is 0 Å². The van der Waals surface area contributed by atoms with Crippen LogP contribution < -0.4 is 5.32 Å². The summed E-state index contributed by atoms with van der Waals surface area (Å²) in [5, 5.41) is 3.60. The molecule has 0 heterocycles. The Hall–Kier alpha value is -0.860. The van der Waals surface area contributed by atoms with Crippen molar-refractivity contribution in [1.82, 2.24) is 10.2 Å². The van der Waals surface area contributed by atoms with Crippen LogP contribution in [-0.2, 0) is 5.41 Å². The largest absolute Gasteiger partial charge is 0.309 e. The molecular formula is C17H30N2. The van der Waals surface area contributed by atoms with E-state index in [1.165, 1.54) is 11.1 Å². The minimum Gasteiger partial charge on any atom is -0.309 e. The van der Waals surface area contributed by atoms with E-state index in [-0.39, 0.29) is 5.41 Å². The lowest BCUT2D eigenvalue weighted by molar-refractivity contribution is 0.295. The molecule has 2 unspecified atom stereocenters. The van der Waals surface area contributed by atoms with E-state index in [0.29, 0.717) is 12.1 Å². The normalized spacial score (nSPS) is 15.6. The lowest BCUT2D eigenvalue weighted by atomic mass is 9.86. The standard InChI is InChI=1S/C17H30N2/c1-13(19(6)7)12-18-14(2)15-8-10-16(11-9-15)17(3,4)5/h8-11,13-14,18H,12H2,1-7H3. The maximum absolute atomic E-state index is 3.60. The molecule has 0 spiro atoms. The number of likely N-dealkylation sites (N-methyl/N-ethyl adjacent to an activating group) is 1. The molecule has 1 N–H and O–H groups in total. The molecule has 1 aromatic rings. The SMILES string of the molecule is CC(NCC(C)N(C)C)c1ccc(C(C)(C)C)cc1. The summed E-state index contributed by atoms with van der Waals surface area (Å²) in [5.41, 5.74) is 2.98. The van der Waals surface area contributed by atoms with Gasteiger partial charge in [0.2, 0.25) is 0 Å². The fourth-order valence-corrected chi connectivity index (χ4v) is 1.92. The van der Waals surface area contributed by atoms with Gasteiger partial charge in [-0.1, -0.05) is 45.0 Å². The Bertz CT molecular complexity index is 373. The lowest BCUT2D eigenvalue weighted by Gasteiger charge is -2.24. The molecule has 0 bridgehead atoms. The lowest BCUT2D eigenvalue weighted by Crippen LogP contribution is -2.36. The third-order valence-electron chi connectivity index (χ3n) is 3.88. The van der Waals surface area contributed by atoms with Crippen LogP contribution in [0.25, 0.3) is 0 Å². The van der Waals surface area contributed by atoms with E-state index in [0.717, 1.165) is 6.54 Å². The van der Waals surface area contributed by atoms with Crippen molar-refractivity contribution in [2.45, 2.75) is 52.1 Å². The average Bonchev–Trinajstić information content (AvgIpc) is 2.34. The molecule has 1 aromatic carbocycles. The molecule has 0 aromatic heterocycles. The first kappa shape index (κ1) is 16.2. The van der Waals surface area contributed by atoms with Crippen LogP contribution in [0.2, 0.25) is 0 Å². The Morgan fingerprint density at radius 2 is 1.58 bits per heavy atom. The molecule has 2 heteroatoms. The van der Waals surface area contributed by atoms with E-state index in [9.17, 15) is 0 Å². The Morgan fingerprint density at radius 1 is 1.05 bits per heavy atom. The first-order valence-electron chi connectivity index (χ1n) is 7.22. The predicted octanol–water partition coefficient (Wildman–Crippen LogP) is 3.58. The minimum atomic E-state index is 0.231. The molecular weight excluding hydrogens is 232 g/mol. The molecule has 2 atom stereocenters. The highest BCUT2D eigenvalue weighted by atomic mass is 15.1. The van der Waals surface area contributed by atoms with Crippen LogP contribution in [0.5, 0.6) is 0 Å². The van der Waals surface area contributed by atoms with Crippen LogP contribution in [0.15, 0.2) is 24.3 Å². The summed E-state index contributed by atoms with van der Waals surface area (Å²) >= 11 is 0. The first-order valence-corrected chi connectivity index (χ1v) is 7.22. The van der Waals surface area contributed by atoms with Crippen LogP contribution in [-0.4, -0.2) is 31.6 Å². The molecule has 19 heavy (non-hydrogen) atoms. The van der Waals surface area contributed by atoms with Crippen LogP contribution in [0.1, 0.15) is 51.8 Å². The average molecular weight is 262 g/mol. The quantitative estimate of drug-likeness (QED) is 0.872. The number of hydrogen-bond acceptors (Lipinski definition) is 2. The van der Waals surface area contributed by atoms with Crippen LogP contribution >= 0.6 is 0 Å². The van der Waals surface area contributed by atoms with Crippen molar-refractivity contribution in [3.63, 3.8) is 0 Å². The maximum atomic E-state index is 3.60. The highest BCUT2D eigenvalue weighted by Gasteiger charge is 2.14. The molecule has 0 aliphatic heterocycles. The van der Waals surface area contributed by atoms with Gasteiger partial charge in [0.15, 0.2) is 0 Å². The number of rotatable bonds is 5. The molecule has 0 fully saturated rings. The summed E-state index contributed by atoms with van der Waals surface area (Å²) in [6, 6.07) is 9.95. The van der Waals surface area contributed by atoms with Crippen molar-refractivity contribution in [1.29, 1.82) is 0 Å². The van der Waals surface area contributed by atoms with Crippen molar-refractivity contribution in [3.8, 4) is 0 Å². The maximum Gasteiger partial charge on any atom is 0.0292 e. The van der Waals surface area contributed by atoms with E-state index in [1.54, 1.807) is 0 Å². The molecule has 0 radical (unpaired) electrons. The second-order valence-corrected chi connectivity index (χ2v) is 6.81. The van der Waals surface area contributed by atoms with Gasteiger partial charge in [-0.05, 0) is 44.5 Å². The number of hydrogen-bond donors (Lipinski definition) is 1. The summed E-state index contributed by atoms with van der Waals surface area (Å²) < 4.78 is 0. The highest BCUT2D eigenvalue weighted by molar-refractivity contribution is 5.29. The Balaban J connectivity index is 2.61. The zero-order valence-corrected chi connectivity index (χ0v) is 13.6. The zero-order chi connectivity index (χ0) is 14.6. The van der Waals surface area contributed by atoms with Gasteiger partial charge in [-0.25, -0.2) is 0 Å². The summed E-state index contributed by atoms with van der Waals surface area (Å²) in [4.78, 5) is 2.24. The number of nitrogens with zero attached hydrogens (tertiary/aromatic N) is 1. The molecule has 108 valence electrons. The summed E-state index contributed by atoms with van der Waals surface area (Å²) in [6.07, 6.45) is 0. The zero-order valence-electron chi connectivity index (χ0n) is 13.6. The molecule has 1 rings (SSSR count). The smallest absolute Gasteiger partial charge is 0.0292 e. The topological polar surface area (TPSA) is 15.3 Å². The van der Waals surface area contributed by atoms with Crippen molar-refractivity contribution in [2.24, 2.45) is 0 Å². The Kier molecular flexibility index (Phi) is 5.57. The van der Waals surface area contributed by atoms with Gasteiger partial charge in [0, 0.05) is 18.6 Å². The van der Waals surface area contributed by atoms with Crippen molar-refractivity contribution < 1.29 is 0 Å². The van der Waals surface area contributed by atoms with E-state index in [1.807, 2.05) is 0 Å². The molecule has 0 amide bonds. The summed E-state index contributed by atoms with van der Waals surface area (Å²) in [5.74, 6) is 0. The third-order valence-corrected chi connectivity index (χ3v) is 3.88. The van der Waals surface area contributed by atoms with Gasteiger partial charge in [-0.3, -0.25) is 0 Å².